The predicted octanol–water partition coefficient (Wildman–Crippen LogP) is 3.25. The molecule has 0 fully saturated rings. The van der Waals surface area contributed by atoms with Crippen LogP contribution in [0.4, 0.5) is 5.69 Å². The van der Waals surface area contributed by atoms with Crippen LogP contribution < -0.4 is 5.32 Å². The lowest BCUT2D eigenvalue weighted by Gasteiger charge is -2.10. The summed E-state index contributed by atoms with van der Waals surface area (Å²) in [6, 6.07) is 12.0. The lowest BCUT2D eigenvalue weighted by Crippen LogP contribution is -2.02. The quantitative estimate of drug-likeness (QED) is 0.946. The van der Waals surface area contributed by atoms with Crippen LogP contribution in [0.15, 0.2) is 41.3 Å². The molecule has 1 aliphatic rings. The zero-order chi connectivity index (χ0) is 15.0. The summed E-state index contributed by atoms with van der Waals surface area (Å²) >= 11 is 0. The Labute approximate surface area is 125 Å². The van der Waals surface area contributed by atoms with E-state index in [1.165, 1.54) is 16.7 Å². The third-order valence-corrected chi connectivity index (χ3v) is 5.90. The summed E-state index contributed by atoms with van der Waals surface area (Å²) in [6.07, 6.45) is 0.634. The molecule has 1 aliphatic heterocycles. The maximum absolute atomic E-state index is 11.9. The number of aryl methyl sites for hydroxylation is 3. The second-order valence-corrected chi connectivity index (χ2v) is 7.74. The molecule has 0 spiro atoms. The van der Waals surface area contributed by atoms with Crippen molar-refractivity contribution in [3.63, 3.8) is 0 Å². The Morgan fingerprint density at radius 2 is 1.86 bits per heavy atom. The van der Waals surface area contributed by atoms with Crippen molar-refractivity contribution in [3.05, 3.63) is 58.7 Å². The maximum Gasteiger partial charge on any atom is 0.179 e. The molecule has 3 rings (SSSR count). The van der Waals surface area contributed by atoms with Gasteiger partial charge in [-0.3, -0.25) is 0 Å². The smallest absolute Gasteiger partial charge is 0.179 e. The zero-order valence-electron chi connectivity index (χ0n) is 12.3. The highest BCUT2D eigenvalue weighted by Crippen LogP contribution is 2.28. The van der Waals surface area contributed by atoms with Crippen LogP contribution in [-0.4, -0.2) is 14.2 Å². The molecule has 21 heavy (non-hydrogen) atoms. The van der Waals surface area contributed by atoms with Crippen LogP contribution in [0.3, 0.4) is 0 Å². The number of fused-ring (bicyclic) bond motifs is 1. The van der Waals surface area contributed by atoms with Crippen LogP contribution in [0.1, 0.15) is 22.3 Å². The summed E-state index contributed by atoms with van der Waals surface area (Å²) in [6.45, 7) is 4.89. The molecular formula is C17H19NO2S. The van der Waals surface area contributed by atoms with Crippen LogP contribution in [0.25, 0.3) is 0 Å². The minimum atomic E-state index is -3.06. The molecule has 0 radical (unpaired) electrons. The molecule has 0 saturated carbocycles. The summed E-state index contributed by atoms with van der Waals surface area (Å²) in [4.78, 5) is 0.493. The average Bonchev–Trinajstić information content (AvgIpc) is 2.76. The number of sulfone groups is 1. The van der Waals surface area contributed by atoms with E-state index in [2.05, 4.69) is 37.4 Å². The van der Waals surface area contributed by atoms with E-state index in [-0.39, 0.29) is 5.75 Å². The van der Waals surface area contributed by atoms with Crippen molar-refractivity contribution >= 4 is 15.5 Å². The van der Waals surface area contributed by atoms with Crippen LogP contribution in [0, 0.1) is 13.8 Å². The molecule has 2 aromatic rings. The molecule has 4 heteroatoms. The SMILES string of the molecule is Cc1ccc(CNc2ccc3c(c2)S(=O)(=O)CC3)cc1C. The van der Waals surface area contributed by atoms with Crippen molar-refractivity contribution in [3.8, 4) is 0 Å². The molecule has 1 heterocycles. The van der Waals surface area contributed by atoms with E-state index in [1.807, 2.05) is 12.1 Å². The van der Waals surface area contributed by atoms with Gasteiger partial charge in [-0.05, 0) is 54.7 Å². The monoisotopic (exact) mass is 301 g/mol. The Balaban J connectivity index is 1.79. The number of rotatable bonds is 3. The van der Waals surface area contributed by atoms with Crippen LogP contribution in [-0.2, 0) is 22.8 Å². The summed E-state index contributed by atoms with van der Waals surface area (Å²) in [7, 11) is -3.06. The molecule has 0 aliphatic carbocycles. The molecule has 110 valence electrons. The Hall–Kier alpha value is -1.81. The van der Waals surface area contributed by atoms with Gasteiger partial charge in [0.2, 0.25) is 0 Å². The molecule has 0 unspecified atom stereocenters. The Bertz CT molecular complexity index is 794. The van der Waals surface area contributed by atoms with Gasteiger partial charge in [0.25, 0.3) is 0 Å². The van der Waals surface area contributed by atoms with Crippen molar-refractivity contribution in [2.45, 2.75) is 31.7 Å². The van der Waals surface area contributed by atoms with Gasteiger partial charge in [-0.15, -0.1) is 0 Å². The number of anilines is 1. The van der Waals surface area contributed by atoms with E-state index < -0.39 is 9.84 Å². The molecule has 3 nitrogen and oxygen atoms in total. The van der Waals surface area contributed by atoms with Crippen LogP contribution >= 0.6 is 0 Å². The van der Waals surface area contributed by atoms with Crippen molar-refractivity contribution in [1.29, 1.82) is 0 Å². The zero-order valence-corrected chi connectivity index (χ0v) is 13.1. The average molecular weight is 301 g/mol. The largest absolute Gasteiger partial charge is 0.381 e. The van der Waals surface area contributed by atoms with Gasteiger partial charge in [-0.2, -0.15) is 0 Å². The van der Waals surface area contributed by atoms with E-state index in [0.717, 1.165) is 11.3 Å². The summed E-state index contributed by atoms with van der Waals surface area (Å²) in [5.74, 6) is 0.239. The fourth-order valence-electron chi connectivity index (χ4n) is 2.63. The number of nitrogens with one attached hydrogen (secondary N) is 1. The van der Waals surface area contributed by atoms with Gasteiger partial charge in [0.15, 0.2) is 9.84 Å². The first kappa shape index (κ1) is 14.1. The summed E-state index contributed by atoms with van der Waals surface area (Å²) in [5, 5.41) is 3.31. The minimum absolute atomic E-state index is 0.239. The molecule has 2 aromatic carbocycles. The third-order valence-electron chi connectivity index (χ3n) is 4.11. The lowest BCUT2D eigenvalue weighted by molar-refractivity contribution is 0.600. The van der Waals surface area contributed by atoms with Gasteiger partial charge in [-0.1, -0.05) is 24.3 Å². The molecule has 0 bridgehead atoms. The van der Waals surface area contributed by atoms with Gasteiger partial charge in [-0.25, -0.2) is 8.42 Å². The highest BCUT2D eigenvalue weighted by atomic mass is 32.2. The Kier molecular flexibility index (Phi) is 3.49. The van der Waals surface area contributed by atoms with E-state index in [9.17, 15) is 8.42 Å². The van der Waals surface area contributed by atoms with Gasteiger partial charge in [0.1, 0.15) is 0 Å². The van der Waals surface area contributed by atoms with Gasteiger partial charge >= 0.3 is 0 Å². The van der Waals surface area contributed by atoms with E-state index >= 15 is 0 Å². The second-order valence-electron chi connectivity index (χ2n) is 5.66. The van der Waals surface area contributed by atoms with Crippen LogP contribution in [0.5, 0.6) is 0 Å². The fourth-order valence-corrected chi connectivity index (χ4v) is 4.22. The molecule has 0 aromatic heterocycles. The van der Waals surface area contributed by atoms with Crippen molar-refractivity contribution in [2.75, 3.05) is 11.1 Å². The van der Waals surface area contributed by atoms with Crippen molar-refractivity contribution in [2.24, 2.45) is 0 Å². The topological polar surface area (TPSA) is 46.2 Å². The number of benzene rings is 2. The third kappa shape index (κ3) is 2.81. The van der Waals surface area contributed by atoms with Crippen LogP contribution in [0.2, 0.25) is 0 Å². The number of hydrogen-bond acceptors (Lipinski definition) is 3. The number of hydrogen-bond donors (Lipinski definition) is 1. The molecule has 0 atom stereocenters. The molecule has 0 amide bonds. The molecule has 0 saturated heterocycles. The first-order chi connectivity index (χ1) is 9.95. The highest BCUT2D eigenvalue weighted by Gasteiger charge is 2.25. The summed E-state index contributed by atoms with van der Waals surface area (Å²) in [5.41, 5.74) is 5.54. The summed E-state index contributed by atoms with van der Waals surface area (Å²) < 4.78 is 23.9. The van der Waals surface area contributed by atoms with Gasteiger partial charge < -0.3 is 5.32 Å². The first-order valence-electron chi connectivity index (χ1n) is 7.11. The fraction of sp³-hybridized carbons (Fsp3) is 0.294. The molecule has 1 N–H and O–H groups in total. The van der Waals surface area contributed by atoms with Gasteiger partial charge in [0.05, 0.1) is 10.6 Å². The van der Waals surface area contributed by atoms with E-state index in [1.54, 1.807) is 6.07 Å². The molecular weight excluding hydrogens is 282 g/mol. The van der Waals surface area contributed by atoms with Crippen molar-refractivity contribution < 1.29 is 8.42 Å². The standard InChI is InChI=1S/C17H19NO2S/c1-12-3-4-14(9-13(12)2)11-18-16-6-5-15-7-8-21(19,20)17(15)10-16/h3-6,9-10,18H,7-8,11H2,1-2H3. The minimum Gasteiger partial charge on any atom is -0.381 e. The lowest BCUT2D eigenvalue weighted by atomic mass is 10.1. The second kappa shape index (κ2) is 5.19. The maximum atomic E-state index is 11.9. The predicted molar refractivity (Wildman–Crippen MR) is 85.4 cm³/mol. The van der Waals surface area contributed by atoms with E-state index in [0.29, 0.717) is 17.9 Å². The Morgan fingerprint density at radius 3 is 2.62 bits per heavy atom. The van der Waals surface area contributed by atoms with Gasteiger partial charge in [0, 0.05) is 12.2 Å². The first-order valence-corrected chi connectivity index (χ1v) is 8.77. The Morgan fingerprint density at radius 1 is 1.05 bits per heavy atom. The van der Waals surface area contributed by atoms with E-state index in [4.69, 9.17) is 0 Å². The highest BCUT2D eigenvalue weighted by molar-refractivity contribution is 7.91. The normalized spacial score (nSPS) is 15.7. The van der Waals surface area contributed by atoms with Crippen molar-refractivity contribution in [1.82, 2.24) is 0 Å².